The molecule has 1 heterocycles. The average Bonchev–Trinajstić information content (AvgIpc) is 2.86. The fourth-order valence-corrected chi connectivity index (χ4v) is 2.42. The Bertz CT molecular complexity index is 587. The molecule has 0 saturated carbocycles. The zero-order chi connectivity index (χ0) is 13.8. The Hall–Kier alpha value is -1.50. The molecule has 1 aromatic heterocycles. The molecule has 0 aliphatic carbocycles. The lowest BCUT2D eigenvalue weighted by Gasteiger charge is -2.06. The number of halogens is 1. The summed E-state index contributed by atoms with van der Waals surface area (Å²) in [6.07, 6.45) is 0. The smallest absolute Gasteiger partial charge is 0.230 e. The van der Waals surface area contributed by atoms with Gasteiger partial charge in [-0.25, -0.2) is 0 Å². The summed E-state index contributed by atoms with van der Waals surface area (Å²) in [7, 11) is 0. The maximum Gasteiger partial charge on any atom is 0.230 e. The van der Waals surface area contributed by atoms with Crippen molar-refractivity contribution in [1.29, 1.82) is 0 Å². The molecule has 7 heteroatoms. The molecule has 0 aliphatic rings. The van der Waals surface area contributed by atoms with E-state index in [0.29, 0.717) is 21.7 Å². The molecule has 0 fully saturated rings. The van der Waals surface area contributed by atoms with Gasteiger partial charge in [-0.2, -0.15) is 0 Å². The number of hydrogen-bond acceptors (Lipinski definition) is 5. The molecule has 0 aliphatic heterocycles. The molecule has 5 nitrogen and oxygen atoms in total. The third kappa shape index (κ3) is 3.28. The lowest BCUT2D eigenvalue weighted by atomic mass is 10.2. The number of aromatic nitrogens is 2. The van der Waals surface area contributed by atoms with Gasteiger partial charge in [0.1, 0.15) is 0 Å². The number of nitrogens with one attached hydrogen (secondary N) is 1. The first kappa shape index (κ1) is 13.9. The van der Waals surface area contributed by atoms with Gasteiger partial charge in [-0.3, -0.25) is 4.79 Å². The molecule has 1 aromatic carbocycles. The van der Waals surface area contributed by atoms with Crippen LogP contribution in [-0.4, -0.2) is 22.6 Å². The molecule has 0 saturated heterocycles. The molecule has 19 heavy (non-hydrogen) atoms. The van der Waals surface area contributed by atoms with E-state index in [2.05, 4.69) is 15.5 Å². The molecule has 1 atom stereocenters. The second kappa shape index (κ2) is 6.10. The Kier molecular flexibility index (Phi) is 4.47. The SMILES string of the molecule is CC(CN)C(=O)Nc1nnc(-c2ccccc2Cl)s1. The van der Waals surface area contributed by atoms with Crippen molar-refractivity contribution >= 4 is 34.0 Å². The van der Waals surface area contributed by atoms with Gasteiger partial charge in [-0.1, -0.05) is 48.1 Å². The number of benzene rings is 1. The minimum absolute atomic E-state index is 0.163. The number of carbonyl (C=O) groups is 1. The number of nitrogens with two attached hydrogens (primary N) is 1. The van der Waals surface area contributed by atoms with Crippen LogP contribution in [-0.2, 0) is 4.79 Å². The molecule has 0 spiro atoms. The van der Waals surface area contributed by atoms with E-state index < -0.39 is 0 Å². The lowest BCUT2D eigenvalue weighted by molar-refractivity contribution is -0.119. The zero-order valence-corrected chi connectivity index (χ0v) is 11.8. The number of amides is 1. The van der Waals surface area contributed by atoms with Crippen molar-refractivity contribution in [2.24, 2.45) is 11.7 Å². The third-order valence-electron chi connectivity index (χ3n) is 2.56. The van der Waals surface area contributed by atoms with E-state index in [1.807, 2.05) is 18.2 Å². The van der Waals surface area contributed by atoms with Crippen LogP contribution in [0.2, 0.25) is 5.02 Å². The van der Waals surface area contributed by atoms with E-state index >= 15 is 0 Å². The molecule has 2 aromatic rings. The number of anilines is 1. The summed E-state index contributed by atoms with van der Waals surface area (Å²) in [5, 5.41) is 12.4. The van der Waals surface area contributed by atoms with Crippen molar-refractivity contribution in [3.8, 4) is 10.6 Å². The molecule has 1 unspecified atom stereocenters. The molecular weight excluding hydrogens is 284 g/mol. The topological polar surface area (TPSA) is 80.9 Å². The Balaban J connectivity index is 2.16. The van der Waals surface area contributed by atoms with Gasteiger partial charge in [0.2, 0.25) is 11.0 Å². The van der Waals surface area contributed by atoms with Crippen molar-refractivity contribution in [1.82, 2.24) is 10.2 Å². The largest absolute Gasteiger partial charge is 0.330 e. The van der Waals surface area contributed by atoms with E-state index in [1.54, 1.807) is 13.0 Å². The summed E-state index contributed by atoms with van der Waals surface area (Å²) in [6.45, 7) is 2.05. The van der Waals surface area contributed by atoms with E-state index in [1.165, 1.54) is 11.3 Å². The maximum absolute atomic E-state index is 11.7. The minimum Gasteiger partial charge on any atom is -0.330 e. The first-order valence-electron chi connectivity index (χ1n) is 5.71. The first-order valence-corrected chi connectivity index (χ1v) is 6.90. The summed E-state index contributed by atoms with van der Waals surface area (Å²) >= 11 is 7.36. The van der Waals surface area contributed by atoms with Crippen LogP contribution in [0.25, 0.3) is 10.6 Å². The van der Waals surface area contributed by atoms with E-state index in [0.717, 1.165) is 5.56 Å². The van der Waals surface area contributed by atoms with Gasteiger partial charge in [0.15, 0.2) is 5.01 Å². The standard InChI is InChI=1S/C12H13ClN4OS/c1-7(6-14)10(18)15-12-17-16-11(19-12)8-4-2-3-5-9(8)13/h2-5,7H,6,14H2,1H3,(H,15,17,18). The van der Waals surface area contributed by atoms with Gasteiger partial charge >= 0.3 is 0 Å². The Morgan fingerprint density at radius 1 is 1.47 bits per heavy atom. The molecular formula is C12H13ClN4OS. The molecule has 2 rings (SSSR count). The summed E-state index contributed by atoms with van der Waals surface area (Å²) in [5.41, 5.74) is 6.23. The van der Waals surface area contributed by atoms with E-state index in [-0.39, 0.29) is 11.8 Å². The van der Waals surface area contributed by atoms with E-state index in [4.69, 9.17) is 17.3 Å². The second-order valence-corrected chi connectivity index (χ2v) is 5.40. The Morgan fingerprint density at radius 3 is 2.89 bits per heavy atom. The zero-order valence-electron chi connectivity index (χ0n) is 10.3. The van der Waals surface area contributed by atoms with Crippen LogP contribution in [0.4, 0.5) is 5.13 Å². The van der Waals surface area contributed by atoms with Gasteiger partial charge in [0.25, 0.3) is 0 Å². The summed E-state index contributed by atoms with van der Waals surface area (Å²) in [4.78, 5) is 11.7. The van der Waals surface area contributed by atoms with Crippen LogP contribution in [0.5, 0.6) is 0 Å². The van der Waals surface area contributed by atoms with Crippen molar-refractivity contribution in [3.63, 3.8) is 0 Å². The van der Waals surface area contributed by atoms with Crippen LogP contribution in [0.15, 0.2) is 24.3 Å². The van der Waals surface area contributed by atoms with Crippen LogP contribution >= 0.6 is 22.9 Å². The number of rotatable bonds is 4. The van der Waals surface area contributed by atoms with Crippen molar-refractivity contribution in [2.45, 2.75) is 6.92 Å². The number of carbonyl (C=O) groups excluding carboxylic acids is 1. The van der Waals surface area contributed by atoms with Gasteiger partial charge in [0, 0.05) is 18.0 Å². The van der Waals surface area contributed by atoms with Gasteiger partial charge in [-0.15, -0.1) is 10.2 Å². The highest BCUT2D eigenvalue weighted by molar-refractivity contribution is 7.18. The van der Waals surface area contributed by atoms with Crippen LogP contribution in [0.3, 0.4) is 0 Å². The summed E-state index contributed by atoms with van der Waals surface area (Å²) < 4.78 is 0. The highest BCUT2D eigenvalue weighted by Crippen LogP contribution is 2.31. The van der Waals surface area contributed by atoms with Gasteiger partial charge in [0.05, 0.1) is 5.02 Å². The Morgan fingerprint density at radius 2 is 2.21 bits per heavy atom. The van der Waals surface area contributed by atoms with Gasteiger partial charge < -0.3 is 11.1 Å². The molecule has 3 N–H and O–H groups in total. The predicted molar refractivity (Wildman–Crippen MR) is 77.2 cm³/mol. The van der Waals surface area contributed by atoms with Crippen molar-refractivity contribution < 1.29 is 4.79 Å². The second-order valence-electron chi connectivity index (χ2n) is 4.02. The number of nitrogens with zero attached hydrogens (tertiary/aromatic N) is 2. The maximum atomic E-state index is 11.7. The minimum atomic E-state index is -0.257. The summed E-state index contributed by atoms with van der Waals surface area (Å²) in [5.74, 6) is -0.419. The average molecular weight is 297 g/mol. The van der Waals surface area contributed by atoms with Gasteiger partial charge in [-0.05, 0) is 6.07 Å². The first-order chi connectivity index (χ1) is 9.11. The predicted octanol–water partition coefficient (Wildman–Crippen LogP) is 2.39. The van der Waals surface area contributed by atoms with Crippen LogP contribution in [0, 0.1) is 5.92 Å². The molecule has 1 amide bonds. The normalized spacial score (nSPS) is 12.2. The quantitative estimate of drug-likeness (QED) is 0.908. The Labute approximate surface area is 119 Å². The fourth-order valence-electron chi connectivity index (χ4n) is 1.35. The van der Waals surface area contributed by atoms with E-state index in [9.17, 15) is 4.79 Å². The highest BCUT2D eigenvalue weighted by Gasteiger charge is 2.15. The van der Waals surface area contributed by atoms with Crippen molar-refractivity contribution in [2.75, 3.05) is 11.9 Å². The molecule has 100 valence electrons. The van der Waals surface area contributed by atoms with Crippen LogP contribution in [0.1, 0.15) is 6.92 Å². The summed E-state index contributed by atoms with van der Waals surface area (Å²) in [6, 6.07) is 7.36. The molecule has 0 radical (unpaired) electrons. The third-order valence-corrected chi connectivity index (χ3v) is 3.76. The monoisotopic (exact) mass is 296 g/mol. The lowest BCUT2D eigenvalue weighted by Crippen LogP contribution is -2.26. The fraction of sp³-hybridized carbons (Fsp3) is 0.250. The van der Waals surface area contributed by atoms with Crippen LogP contribution < -0.4 is 11.1 Å². The van der Waals surface area contributed by atoms with Crippen molar-refractivity contribution in [3.05, 3.63) is 29.3 Å². The number of hydrogen-bond donors (Lipinski definition) is 2. The molecule has 0 bridgehead atoms. The highest BCUT2D eigenvalue weighted by atomic mass is 35.5.